The molecule has 0 bridgehead atoms. The molecule has 0 nitrogen and oxygen atoms in total. The van der Waals surface area contributed by atoms with Crippen molar-refractivity contribution in [1.82, 2.24) is 0 Å². The second kappa shape index (κ2) is 7.53. The van der Waals surface area contributed by atoms with Gasteiger partial charge in [0.2, 0.25) is 0 Å². The highest BCUT2D eigenvalue weighted by molar-refractivity contribution is 8.03. The van der Waals surface area contributed by atoms with Crippen molar-refractivity contribution in [2.45, 2.75) is 37.5 Å². The van der Waals surface area contributed by atoms with Crippen molar-refractivity contribution < 1.29 is 0 Å². The zero-order chi connectivity index (χ0) is 10.1. The molecule has 74 valence electrons. The third-order valence-corrected chi connectivity index (χ3v) is 2.64. The Morgan fingerprint density at radius 2 is 1.93 bits per heavy atom. The van der Waals surface area contributed by atoms with Crippen molar-refractivity contribution >= 4 is 11.8 Å². The molecule has 1 heteroatoms. The molecule has 0 spiro atoms. The van der Waals surface area contributed by atoms with Crippen LogP contribution in [-0.4, -0.2) is 0 Å². The first-order valence-electron chi connectivity index (χ1n) is 5.13. The minimum absolute atomic E-state index is 1.04. The molecule has 0 saturated heterocycles. The van der Waals surface area contributed by atoms with Crippen LogP contribution in [0, 0.1) is 11.2 Å². The van der Waals surface area contributed by atoms with Gasteiger partial charge in [0.05, 0.1) is 0 Å². The van der Waals surface area contributed by atoms with E-state index in [9.17, 15) is 0 Å². The fourth-order valence-corrected chi connectivity index (χ4v) is 1.68. The minimum Gasteiger partial charge on any atom is -0.0909 e. The van der Waals surface area contributed by atoms with Crippen LogP contribution in [0.4, 0.5) is 0 Å². The van der Waals surface area contributed by atoms with Gasteiger partial charge in [-0.15, -0.1) is 0 Å². The number of rotatable bonds is 4. The fraction of sp³-hybridized carbons (Fsp3) is 0.385. The van der Waals surface area contributed by atoms with Crippen LogP contribution in [0.2, 0.25) is 0 Å². The van der Waals surface area contributed by atoms with Crippen molar-refractivity contribution in [2.24, 2.45) is 0 Å². The van der Waals surface area contributed by atoms with E-state index in [0.29, 0.717) is 0 Å². The Hall–Kier alpha value is -0.870. The van der Waals surface area contributed by atoms with Crippen LogP contribution in [-0.2, 0) is 0 Å². The average molecular weight is 204 g/mol. The standard InChI is InChI=1S/C13H16S/c1-2-3-4-5-9-12-14-13-10-7-6-8-11-13/h6-8,10-11H,2-5H2,1H3. The van der Waals surface area contributed by atoms with Crippen LogP contribution >= 0.6 is 11.8 Å². The molecule has 0 radical (unpaired) electrons. The number of hydrogen-bond acceptors (Lipinski definition) is 1. The van der Waals surface area contributed by atoms with E-state index >= 15 is 0 Å². The summed E-state index contributed by atoms with van der Waals surface area (Å²) in [5.74, 6) is 3.18. The van der Waals surface area contributed by atoms with E-state index in [0.717, 1.165) is 6.42 Å². The summed E-state index contributed by atoms with van der Waals surface area (Å²) in [5, 5.41) is 3.13. The third kappa shape index (κ3) is 4.99. The van der Waals surface area contributed by atoms with Gasteiger partial charge >= 0.3 is 0 Å². The van der Waals surface area contributed by atoms with Crippen molar-refractivity contribution in [3.63, 3.8) is 0 Å². The lowest BCUT2D eigenvalue weighted by Gasteiger charge is -1.91. The summed E-state index contributed by atoms with van der Waals surface area (Å²) in [6, 6.07) is 10.3. The Kier molecular flexibility index (Phi) is 6.02. The Morgan fingerprint density at radius 1 is 1.14 bits per heavy atom. The van der Waals surface area contributed by atoms with E-state index in [1.165, 1.54) is 24.2 Å². The maximum atomic E-state index is 3.18. The average Bonchev–Trinajstić information content (AvgIpc) is 2.25. The van der Waals surface area contributed by atoms with Crippen LogP contribution in [0.25, 0.3) is 0 Å². The summed E-state index contributed by atoms with van der Waals surface area (Å²) >= 11 is 1.62. The third-order valence-electron chi connectivity index (χ3n) is 1.89. The zero-order valence-electron chi connectivity index (χ0n) is 8.62. The van der Waals surface area contributed by atoms with Crippen molar-refractivity contribution in [3.05, 3.63) is 30.3 Å². The SMILES string of the molecule is CCCCCC#CSc1ccccc1. The van der Waals surface area contributed by atoms with Crippen LogP contribution < -0.4 is 0 Å². The topological polar surface area (TPSA) is 0 Å². The molecular formula is C13H16S. The molecule has 0 N–H and O–H groups in total. The molecule has 1 aromatic carbocycles. The first-order valence-corrected chi connectivity index (χ1v) is 5.95. The minimum atomic E-state index is 1.04. The molecule has 0 fully saturated rings. The number of thioether (sulfide) groups is 1. The number of hydrogen-bond donors (Lipinski definition) is 0. The molecule has 0 unspecified atom stereocenters. The molecular weight excluding hydrogens is 188 g/mol. The molecule has 0 amide bonds. The van der Waals surface area contributed by atoms with Gasteiger partial charge in [0, 0.05) is 11.3 Å². The largest absolute Gasteiger partial charge is 0.0909 e. The highest BCUT2D eigenvalue weighted by Crippen LogP contribution is 2.14. The van der Waals surface area contributed by atoms with E-state index in [-0.39, 0.29) is 0 Å². The van der Waals surface area contributed by atoms with Crippen LogP contribution in [0.15, 0.2) is 35.2 Å². The monoisotopic (exact) mass is 204 g/mol. The fourth-order valence-electron chi connectivity index (χ4n) is 1.10. The van der Waals surface area contributed by atoms with E-state index < -0.39 is 0 Å². The molecule has 1 aromatic rings. The first-order chi connectivity index (χ1) is 6.93. The van der Waals surface area contributed by atoms with Gasteiger partial charge in [0.25, 0.3) is 0 Å². The highest BCUT2D eigenvalue weighted by atomic mass is 32.2. The molecule has 0 aliphatic heterocycles. The van der Waals surface area contributed by atoms with Gasteiger partial charge in [-0.3, -0.25) is 0 Å². The highest BCUT2D eigenvalue weighted by Gasteiger charge is 1.86. The van der Waals surface area contributed by atoms with Gasteiger partial charge in [-0.1, -0.05) is 43.9 Å². The van der Waals surface area contributed by atoms with Crippen LogP contribution in [0.5, 0.6) is 0 Å². The van der Waals surface area contributed by atoms with Gasteiger partial charge in [0.1, 0.15) is 0 Å². The summed E-state index contributed by atoms with van der Waals surface area (Å²) in [6.07, 6.45) is 4.84. The van der Waals surface area contributed by atoms with Gasteiger partial charge in [-0.2, -0.15) is 0 Å². The van der Waals surface area contributed by atoms with Crippen molar-refractivity contribution in [1.29, 1.82) is 0 Å². The summed E-state index contributed by atoms with van der Waals surface area (Å²) in [7, 11) is 0. The maximum absolute atomic E-state index is 3.18. The van der Waals surface area contributed by atoms with Gasteiger partial charge in [-0.25, -0.2) is 0 Å². The lowest BCUT2D eigenvalue weighted by Crippen LogP contribution is -1.70. The molecule has 0 atom stereocenters. The van der Waals surface area contributed by atoms with E-state index in [4.69, 9.17) is 0 Å². The molecule has 0 aliphatic carbocycles. The lowest BCUT2D eigenvalue weighted by molar-refractivity contribution is 0.737. The van der Waals surface area contributed by atoms with Gasteiger partial charge in [-0.05, 0) is 35.6 Å². The van der Waals surface area contributed by atoms with Crippen molar-refractivity contribution in [3.8, 4) is 11.2 Å². The summed E-state index contributed by atoms with van der Waals surface area (Å²) in [5.41, 5.74) is 0. The lowest BCUT2D eigenvalue weighted by atomic mass is 10.2. The van der Waals surface area contributed by atoms with Gasteiger partial charge < -0.3 is 0 Å². The Balaban J connectivity index is 2.20. The van der Waals surface area contributed by atoms with Crippen molar-refractivity contribution in [2.75, 3.05) is 0 Å². The predicted octanol–water partition coefficient (Wildman–Crippen LogP) is 4.32. The van der Waals surface area contributed by atoms with Crippen LogP contribution in [0.3, 0.4) is 0 Å². The Bertz CT molecular complexity index is 292. The smallest absolute Gasteiger partial charge is 0.0203 e. The molecule has 0 aliphatic rings. The number of unbranched alkanes of at least 4 members (excludes halogenated alkanes) is 3. The normalized spacial score (nSPS) is 9.21. The molecule has 1 rings (SSSR count). The second-order valence-electron chi connectivity index (χ2n) is 3.15. The molecule has 14 heavy (non-hydrogen) atoms. The van der Waals surface area contributed by atoms with E-state index in [1.807, 2.05) is 18.2 Å². The quantitative estimate of drug-likeness (QED) is 0.400. The van der Waals surface area contributed by atoms with Crippen LogP contribution in [0.1, 0.15) is 32.6 Å². The second-order valence-corrected chi connectivity index (χ2v) is 4.03. The first kappa shape index (κ1) is 11.2. The number of benzene rings is 1. The Labute approximate surface area is 91.1 Å². The zero-order valence-corrected chi connectivity index (χ0v) is 9.44. The Morgan fingerprint density at radius 3 is 2.64 bits per heavy atom. The summed E-state index contributed by atoms with van der Waals surface area (Å²) < 4.78 is 0. The molecule has 0 heterocycles. The van der Waals surface area contributed by atoms with Gasteiger partial charge in [0.15, 0.2) is 0 Å². The summed E-state index contributed by atoms with van der Waals surface area (Å²) in [6.45, 7) is 2.21. The molecule has 0 aromatic heterocycles. The maximum Gasteiger partial charge on any atom is 0.0203 e. The molecule has 0 saturated carbocycles. The summed E-state index contributed by atoms with van der Waals surface area (Å²) in [4.78, 5) is 1.23. The van der Waals surface area contributed by atoms with E-state index in [2.05, 4.69) is 30.2 Å². The predicted molar refractivity (Wildman–Crippen MR) is 64.2 cm³/mol. The van der Waals surface area contributed by atoms with E-state index in [1.54, 1.807) is 11.8 Å².